The van der Waals surface area contributed by atoms with E-state index in [1.165, 1.54) is 10.8 Å². The molecule has 0 aliphatic heterocycles. The number of hydrogen-bond donors (Lipinski definition) is 0. The van der Waals surface area contributed by atoms with Crippen LogP contribution in [0.3, 0.4) is 0 Å². The van der Waals surface area contributed by atoms with Crippen LogP contribution in [0.4, 0.5) is 0 Å². The van der Waals surface area contributed by atoms with E-state index in [2.05, 4.69) is 65.2 Å². The second-order valence-corrected chi connectivity index (χ2v) is 6.74. The molecule has 0 saturated heterocycles. The third kappa shape index (κ3) is 2.02. The Kier molecular flexibility index (Phi) is 2.88. The molecule has 3 nitrogen and oxygen atoms in total. The molecular weight excluding hydrogens is 330 g/mol. The largest absolute Gasteiger partial charge is 0.298 e. The van der Waals surface area contributed by atoms with Gasteiger partial charge in [-0.05, 0) is 29.0 Å². The van der Waals surface area contributed by atoms with Crippen molar-refractivity contribution in [1.82, 2.24) is 14.4 Å². The third-order valence-corrected chi connectivity index (χ3v) is 5.19. The first kappa shape index (κ1) is 14.4. The summed E-state index contributed by atoms with van der Waals surface area (Å²) in [7, 11) is 0. The van der Waals surface area contributed by atoms with E-state index in [-0.39, 0.29) is 0 Å². The molecule has 3 heterocycles. The number of imidazole rings is 1. The zero-order valence-corrected chi connectivity index (χ0v) is 14.5. The van der Waals surface area contributed by atoms with E-state index in [1.807, 2.05) is 30.3 Å². The van der Waals surface area contributed by atoms with Crippen LogP contribution in [0.25, 0.3) is 49.6 Å². The van der Waals surface area contributed by atoms with Gasteiger partial charge in [-0.15, -0.1) is 0 Å². The molecule has 0 atom stereocenters. The van der Waals surface area contributed by atoms with Crippen molar-refractivity contribution in [3.05, 3.63) is 91.1 Å². The number of rotatable bonds is 1. The number of nitrogens with zero attached hydrogens (tertiary/aromatic N) is 3. The number of pyridine rings is 2. The lowest BCUT2D eigenvalue weighted by molar-refractivity contribution is 1.22. The third-order valence-electron chi connectivity index (χ3n) is 5.19. The Hall–Kier alpha value is -3.72. The van der Waals surface area contributed by atoms with Crippen molar-refractivity contribution in [2.45, 2.75) is 0 Å². The smallest absolute Gasteiger partial charge is 0.137 e. The van der Waals surface area contributed by atoms with Crippen LogP contribution in [-0.4, -0.2) is 14.4 Å². The maximum absolute atomic E-state index is 5.09. The highest BCUT2D eigenvalue weighted by Gasteiger charge is 2.17. The monoisotopic (exact) mass is 345 g/mol. The lowest BCUT2D eigenvalue weighted by atomic mass is 10.00. The van der Waals surface area contributed by atoms with Crippen molar-refractivity contribution in [3.63, 3.8) is 0 Å². The molecule has 3 heteroatoms. The van der Waals surface area contributed by atoms with Crippen LogP contribution in [0.2, 0.25) is 0 Å². The molecule has 0 radical (unpaired) electrons. The van der Waals surface area contributed by atoms with E-state index in [9.17, 15) is 0 Å². The van der Waals surface area contributed by atoms with E-state index in [1.54, 1.807) is 0 Å². The van der Waals surface area contributed by atoms with Crippen molar-refractivity contribution in [2.24, 2.45) is 0 Å². The standard InChI is InChI=1S/C24H15N3/c1-2-10-17-16(8-1)9-7-12-18(17)22-24-23(19-11-3-4-13-20(19)25-22)26-21-14-5-6-15-27(21)24/h1-15H. The van der Waals surface area contributed by atoms with Gasteiger partial charge in [-0.25, -0.2) is 9.97 Å². The lowest BCUT2D eigenvalue weighted by Gasteiger charge is -2.10. The highest BCUT2D eigenvalue weighted by Crippen LogP contribution is 2.35. The first-order valence-electron chi connectivity index (χ1n) is 9.04. The average molecular weight is 345 g/mol. The van der Waals surface area contributed by atoms with Crippen LogP contribution in [0, 0.1) is 0 Å². The summed E-state index contributed by atoms with van der Waals surface area (Å²) in [4.78, 5) is 10.0. The second-order valence-electron chi connectivity index (χ2n) is 6.74. The minimum Gasteiger partial charge on any atom is -0.298 e. The zero-order valence-electron chi connectivity index (χ0n) is 14.5. The van der Waals surface area contributed by atoms with Crippen LogP contribution in [-0.2, 0) is 0 Å². The van der Waals surface area contributed by atoms with Crippen molar-refractivity contribution in [1.29, 1.82) is 0 Å². The quantitative estimate of drug-likeness (QED) is 0.374. The second kappa shape index (κ2) is 5.39. The van der Waals surface area contributed by atoms with E-state index < -0.39 is 0 Å². The fraction of sp³-hybridized carbons (Fsp3) is 0. The molecule has 0 spiro atoms. The molecular formula is C24H15N3. The first-order chi connectivity index (χ1) is 13.4. The van der Waals surface area contributed by atoms with Gasteiger partial charge in [-0.3, -0.25) is 4.40 Å². The Labute approximate surface area is 155 Å². The number of aromatic nitrogens is 3. The van der Waals surface area contributed by atoms with Crippen LogP contribution >= 0.6 is 0 Å². The first-order valence-corrected chi connectivity index (χ1v) is 9.04. The van der Waals surface area contributed by atoms with Gasteiger partial charge in [0.1, 0.15) is 11.2 Å². The van der Waals surface area contributed by atoms with Gasteiger partial charge >= 0.3 is 0 Å². The fourth-order valence-corrected chi connectivity index (χ4v) is 3.97. The Morgan fingerprint density at radius 3 is 2.37 bits per heavy atom. The number of para-hydroxylation sites is 1. The Bertz CT molecular complexity index is 1470. The molecule has 0 bridgehead atoms. The van der Waals surface area contributed by atoms with Gasteiger partial charge in [-0.1, -0.05) is 66.7 Å². The van der Waals surface area contributed by atoms with Crippen molar-refractivity contribution in [2.75, 3.05) is 0 Å². The molecule has 126 valence electrons. The Balaban J connectivity index is 1.88. The number of hydrogen-bond acceptors (Lipinski definition) is 2. The summed E-state index contributed by atoms with van der Waals surface area (Å²) < 4.78 is 2.14. The minimum atomic E-state index is 0.937. The van der Waals surface area contributed by atoms with Gasteiger partial charge < -0.3 is 0 Å². The number of benzene rings is 3. The summed E-state index contributed by atoms with van der Waals surface area (Å²) >= 11 is 0. The number of fused-ring (bicyclic) bond motifs is 6. The minimum absolute atomic E-state index is 0.937. The predicted molar refractivity (Wildman–Crippen MR) is 111 cm³/mol. The maximum atomic E-state index is 5.09. The SMILES string of the molecule is c1ccc2c(-c3nc4ccccc4c4nc5ccccn5c34)cccc2c1. The Morgan fingerprint density at radius 2 is 1.41 bits per heavy atom. The van der Waals surface area contributed by atoms with Gasteiger partial charge in [0.25, 0.3) is 0 Å². The van der Waals surface area contributed by atoms with Crippen LogP contribution in [0.5, 0.6) is 0 Å². The molecule has 6 aromatic rings. The van der Waals surface area contributed by atoms with Gasteiger partial charge in [-0.2, -0.15) is 0 Å². The molecule has 0 unspecified atom stereocenters. The highest BCUT2D eigenvalue weighted by atomic mass is 15.0. The molecule has 0 saturated carbocycles. The molecule has 0 fully saturated rings. The summed E-state index contributed by atoms with van der Waals surface area (Å²) in [6, 6.07) is 29.2. The average Bonchev–Trinajstić information content (AvgIpc) is 3.13. The van der Waals surface area contributed by atoms with Crippen molar-refractivity contribution in [3.8, 4) is 11.3 Å². The normalized spacial score (nSPS) is 11.7. The summed E-state index contributed by atoms with van der Waals surface area (Å²) in [5, 5.41) is 3.50. The van der Waals surface area contributed by atoms with E-state index >= 15 is 0 Å². The van der Waals surface area contributed by atoms with Crippen LogP contribution in [0.15, 0.2) is 91.1 Å². The zero-order chi connectivity index (χ0) is 17.8. The van der Waals surface area contributed by atoms with Crippen molar-refractivity contribution < 1.29 is 0 Å². The van der Waals surface area contributed by atoms with Crippen LogP contribution in [0.1, 0.15) is 0 Å². The molecule has 0 N–H and O–H groups in total. The summed E-state index contributed by atoms with van der Waals surface area (Å²) in [5.74, 6) is 0. The van der Waals surface area contributed by atoms with Crippen LogP contribution < -0.4 is 0 Å². The van der Waals surface area contributed by atoms with E-state index in [0.717, 1.165) is 38.8 Å². The molecule has 27 heavy (non-hydrogen) atoms. The lowest BCUT2D eigenvalue weighted by Crippen LogP contribution is -1.92. The Morgan fingerprint density at radius 1 is 0.630 bits per heavy atom. The van der Waals surface area contributed by atoms with E-state index in [4.69, 9.17) is 9.97 Å². The highest BCUT2D eigenvalue weighted by molar-refractivity contribution is 6.11. The van der Waals surface area contributed by atoms with Gasteiger partial charge in [0, 0.05) is 17.1 Å². The fourth-order valence-electron chi connectivity index (χ4n) is 3.97. The maximum Gasteiger partial charge on any atom is 0.137 e. The summed E-state index contributed by atoms with van der Waals surface area (Å²) in [6.45, 7) is 0. The molecule has 0 aliphatic carbocycles. The summed E-state index contributed by atoms with van der Waals surface area (Å²) in [6.07, 6.45) is 2.07. The molecule has 0 amide bonds. The molecule has 6 rings (SSSR count). The van der Waals surface area contributed by atoms with Crippen molar-refractivity contribution >= 4 is 38.4 Å². The molecule has 3 aromatic heterocycles. The van der Waals surface area contributed by atoms with E-state index in [0.29, 0.717) is 0 Å². The van der Waals surface area contributed by atoms with Gasteiger partial charge in [0.05, 0.1) is 16.7 Å². The molecule has 0 aliphatic rings. The molecule has 3 aromatic carbocycles. The predicted octanol–water partition coefficient (Wildman–Crippen LogP) is 5.86. The van der Waals surface area contributed by atoms with Gasteiger partial charge in [0.2, 0.25) is 0 Å². The topological polar surface area (TPSA) is 30.2 Å². The van der Waals surface area contributed by atoms with Gasteiger partial charge in [0.15, 0.2) is 0 Å². The summed E-state index contributed by atoms with van der Waals surface area (Å²) in [5.41, 5.74) is 6.06.